The number of ether oxygens (including phenoxy) is 2. The van der Waals surface area contributed by atoms with Crippen molar-refractivity contribution >= 4 is 17.3 Å². The Morgan fingerprint density at radius 2 is 2.17 bits per heavy atom. The zero-order valence-corrected chi connectivity index (χ0v) is 11.7. The monoisotopic (exact) mass is 269 g/mol. The van der Waals surface area contributed by atoms with E-state index in [1.165, 1.54) is 24.9 Å². The number of hydrogen-bond acceptors (Lipinski definition) is 5. The number of rotatable bonds is 4. The molecule has 5 heteroatoms. The molecule has 0 bridgehead atoms. The Bertz CT molecular complexity index is 405. The highest BCUT2D eigenvalue weighted by atomic mass is 32.1. The quantitative estimate of drug-likeness (QED) is 0.788. The van der Waals surface area contributed by atoms with Crippen LogP contribution in [-0.4, -0.2) is 24.7 Å². The molecule has 1 aromatic rings. The van der Waals surface area contributed by atoms with Crippen molar-refractivity contribution in [3.8, 4) is 0 Å². The summed E-state index contributed by atoms with van der Waals surface area (Å²) >= 11 is 1.50. The van der Waals surface area contributed by atoms with E-state index in [9.17, 15) is 4.79 Å². The Kier molecular flexibility index (Phi) is 4.35. The van der Waals surface area contributed by atoms with E-state index in [4.69, 9.17) is 9.47 Å². The van der Waals surface area contributed by atoms with Gasteiger partial charge in [0.05, 0.1) is 7.11 Å². The summed E-state index contributed by atoms with van der Waals surface area (Å²) in [5, 5.41) is 2.68. The molecule has 0 saturated heterocycles. The largest absolute Gasteiger partial charge is 0.464 e. The van der Waals surface area contributed by atoms with E-state index < -0.39 is 0 Å². The zero-order chi connectivity index (χ0) is 13.0. The van der Waals surface area contributed by atoms with E-state index in [0.717, 1.165) is 30.7 Å². The number of methoxy groups -OCH3 is 1. The van der Waals surface area contributed by atoms with Crippen molar-refractivity contribution in [1.82, 2.24) is 4.98 Å². The third kappa shape index (κ3) is 2.57. The molecule has 0 N–H and O–H groups in total. The van der Waals surface area contributed by atoms with Crippen LogP contribution >= 0.6 is 11.3 Å². The lowest BCUT2D eigenvalue weighted by Crippen LogP contribution is -2.32. The van der Waals surface area contributed by atoms with Crippen LogP contribution in [0.2, 0.25) is 0 Å². The summed E-state index contributed by atoms with van der Waals surface area (Å²) in [6, 6.07) is 0. The van der Waals surface area contributed by atoms with Crippen molar-refractivity contribution < 1.29 is 14.3 Å². The van der Waals surface area contributed by atoms with Crippen LogP contribution in [0.4, 0.5) is 0 Å². The van der Waals surface area contributed by atoms with Gasteiger partial charge in [-0.05, 0) is 19.8 Å². The predicted octanol–water partition coefficient (Wildman–Crippen LogP) is 3.13. The summed E-state index contributed by atoms with van der Waals surface area (Å²) < 4.78 is 10.7. The van der Waals surface area contributed by atoms with Crippen LogP contribution in [0.25, 0.3) is 0 Å². The third-order valence-corrected chi connectivity index (χ3v) is 4.40. The third-order valence-electron chi connectivity index (χ3n) is 3.37. The second-order valence-corrected chi connectivity index (χ2v) is 5.38. The molecule has 0 radical (unpaired) electrons. The average molecular weight is 269 g/mol. The number of hydrogen-bond donors (Lipinski definition) is 0. The van der Waals surface area contributed by atoms with Gasteiger partial charge in [-0.1, -0.05) is 19.3 Å². The summed E-state index contributed by atoms with van der Waals surface area (Å²) in [7, 11) is 1.38. The molecule has 0 aliphatic heterocycles. The molecule has 1 fully saturated rings. The molecule has 0 aromatic carbocycles. The highest BCUT2D eigenvalue weighted by molar-refractivity contribution is 7.10. The van der Waals surface area contributed by atoms with Gasteiger partial charge in [-0.3, -0.25) is 0 Å². The van der Waals surface area contributed by atoms with Gasteiger partial charge in [-0.25, -0.2) is 9.78 Å². The maximum absolute atomic E-state index is 11.5. The molecule has 18 heavy (non-hydrogen) atoms. The summed E-state index contributed by atoms with van der Waals surface area (Å²) in [6.07, 6.45) is 5.56. The number of carbonyl (C=O) groups excluding carboxylic acids is 1. The summed E-state index contributed by atoms with van der Waals surface area (Å²) in [5.41, 5.74) is 0.117. The van der Waals surface area contributed by atoms with Gasteiger partial charge in [0.2, 0.25) is 0 Å². The molecular weight excluding hydrogens is 250 g/mol. The Morgan fingerprint density at radius 3 is 2.78 bits per heavy atom. The topological polar surface area (TPSA) is 48.4 Å². The van der Waals surface area contributed by atoms with Crippen molar-refractivity contribution in [1.29, 1.82) is 0 Å². The lowest BCUT2D eigenvalue weighted by atomic mass is 9.85. The molecule has 1 aromatic heterocycles. The van der Waals surface area contributed by atoms with Gasteiger partial charge in [-0.2, -0.15) is 0 Å². The Hall–Kier alpha value is -0.940. The predicted molar refractivity (Wildman–Crippen MR) is 69.8 cm³/mol. The van der Waals surface area contributed by atoms with Crippen LogP contribution in [0.5, 0.6) is 0 Å². The van der Waals surface area contributed by atoms with Gasteiger partial charge in [0.15, 0.2) is 5.69 Å². The van der Waals surface area contributed by atoms with Crippen LogP contribution in [-0.2, 0) is 15.1 Å². The van der Waals surface area contributed by atoms with Crippen molar-refractivity contribution in [2.45, 2.75) is 44.6 Å². The van der Waals surface area contributed by atoms with Gasteiger partial charge in [0.25, 0.3) is 0 Å². The molecular formula is C13H19NO3S. The first kappa shape index (κ1) is 13.5. The Balaban J connectivity index is 2.25. The van der Waals surface area contributed by atoms with Crippen LogP contribution in [0.1, 0.15) is 54.5 Å². The lowest BCUT2D eigenvalue weighted by molar-refractivity contribution is -0.0705. The van der Waals surface area contributed by atoms with Crippen LogP contribution in [0.3, 0.4) is 0 Å². The smallest absolute Gasteiger partial charge is 0.357 e. The molecule has 1 aliphatic rings. The molecule has 0 unspecified atom stereocenters. The second-order valence-electron chi connectivity index (χ2n) is 4.52. The molecule has 1 aliphatic carbocycles. The number of thiazole rings is 1. The Labute approximate surface area is 111 Å². The molecule has 0 spiro atoms. The summed E-state index contributed by atoms with van der Waals surface area (Å²) in [4.78, 5) is 15.9. The first-order chi connectivity index (χ1) is 8.72. The van der Waals surface area contributed by atoms with E-state index in [-0.39, 0.29) is 11.6 Å². The number of carbonyl (C=O) groups is 1. The first-order valence-corrected chi connectivity index (χ1v) is 7.28. The second kappa shape index (κ2) is 5.80. The minimum Gasteiger partial charge on any atom is -0.464 e. The molecule has 0 amide bonds. The molecule has 2 rings (SSSR count). The average Bonchev–Trinajstić information content (AvgIpc) is 2.89. The van der Waals surface area contributed by atoms with E-state index >= 15 is 0 Å². The first-order valence-electron chi connectivity index (χ1n) is 6.40. The van der Waals surface area contributed by atoms with Crippen LogP contribution in [0, 0.1) is 0 Å². The van der Waals surface area contributed by atoms with Gasteiger partial charge < -0.3 is 9.47 Å². The highest BCUT2D eigenvalue weighted by Gasteiger charge is 2.37. The summed E-state index contributed by atoms with van der Waals surface area (Å²) in [5.74, 6) is -0.375. The normalized spacial score (nSPS) is 18.6. The minimum absolute atomic E-state index is 0.274. The fourth-order valence-electron chi connectivity index (χ4n) is 2.50. The van der Waals surface area contributed by atoms with Crippen molar-refractivity contribution in [3.05, 3.63) is 16.1 Å². The van der Waals surface area contributed by atoms with Crippen LogP contribution in [0.15, 0.2) is 5.38 Å². The van der Waals surface area contributed by atoms with E-state index in [2.05, 4.69) is 4.98 Å². The van der Waals surface area contributed by atoms with Gasteiger partial charge in [0, 0.05) is 12.0 Å². The van der Waals surface area contributed by atoms with Gasteiger partial charge in [-0.15, -0.1) is 11.3 Å². The van der Waals surface area contributed by atoms with Crippen molar-refractivity contribution in [2.75, 3.05) is 13.7 Å². The maximum Gasteiger partial charge on any atom is 0.357 e. The fourth-order valence-corrected chi connectivity index (χ4v) is 3.50. The maximum atomic E-state index is 11.5. The molecule has 4 nitrogen and oxygen atoms in total. The van der Waals surface area contributed by atoms with E-state index in [0.29, 0.717) is 12.3 Å². The van der Waals surface area contributed by atoms with Crippen molar-refractivity contribution in [3.63, 3.8) is 0 Å². The van der Waals surface area contributed by atoms with E-state index in [1.807, 2.05) is 6.92 Å². The minimum atomic E-state index is -0.375. The standard InChI is InChI=1S/C13H19NO3S/c1-3-17-13(7-5-4-6-8-13)12-14-10(9-18-12)11(15)16-2/h9H,3-8H2,1-2H3. The molecule has 1 saturated carbocycles. The zero-order valence-electron chi connectivity index (χ0n) is 10.9. The lowest BCUT2D eigenvalue weighted by Gasteiger charge is -2.35. The fraction of sp³-hybridized carbons (Fsp3) is 0.692. The molecule has 1 heterocycles. The molecule has 100 valence electrons. The number of nitrogens with zero attached hydrogens (tertiary/aromatic N) is 1. The number of aromatic nitrogens is 1. The molecule has 0 atom stereocenters. The summed E-state index contributed by atoms with van der Waals surface area (Å²) in [6.45, 7) is 2.68. The number of esters is 1. The van der Waals surface area contributed by atoms with Crippen molar-refractivity contribution in [2.24, 2.45) is 0 Å². The van der Waals surface area contributed by atoms with E-state index in [1.54, 1.807) is 5.38 Å². The van der Waals surface area contributed by atoms with Crippen LogP contribution < -0.4 is 0 Å². The van der Waals surface area contributed by atoms with Gasteiger partial charge >= 0.3 is 5.97 Å². The Morgan fingerprint density at radius 1 is 1.44 bits per heavy atom. The SMILES string of the molecule is CCOC1(c2nc(C(=O)OC)cs2)CCCCC1. The van der Waals surface area contributed by atoms with Gasteiger partial charge in [0.1, 0.15) is 10.6 Å². The highest BCUT2D eigenvalue weighted by Crippen LogP contribution is 2.41.